The van der Waals surface area contributed by atoms with E-state index >= 15 is 0 Å². The van der Waals surface area contributed by atoms with Crippen LogP contribution < -0.4 is 14.2 Å². The molecule has 5 heteroatoms. The second-order valence-electron chi connectivity index (χ2n) is 5.28. The van der Waals surface area contributed by atoms with Crippen LogP contribution in [-0.2, 0) is 0 Å². The topological polar surface area (TPSA) is 40.6 Å². The molecule has 0 aliphatic carbocycles. The van der Waals surface area contributed by atoms with E-state index in [9.17, 15) is 0 Å². The van der Waals surface area contributed by atoms with Crippen LogP contribution in [-0.4, -0.2) is 26.3 Å². The van der Waals surface area contributed by atoms with E-state index in [1.54, 1.807) is 32.7 Å². The van der Waals surface area contributed by atoms with Crippen molar-refractivity contribution in [3.8, 4) is 28.5 Å². The minimum absolute atomic E-state index is 0.761. The first-order valence-corrected chi connectivity index (χ1v) is 8.61. The van der Waals surface area contributed by atoms with Crippen molar-refractivity contribution in [1.29, 1.82) is 0 Å². The Hall–Kier alpha value is -2.79. The molecule has 0 fully saturated rings. The van der Waals surface area contributed by atoms with Crippen molar-refractivity contribution in [2.24, 2.45) is 0 Å². The quantitative estimate of drug-likeness (QED) is 0.625. The Labute approximate surface area is 151 Å². The number of hydrogen-bond acceptors (Lipinski definition) is 5. The largest absolute Gasteiger partial charge is 0.497 e. The molecule has 0 saturated heterocycles. The first-order chi connectivity index (χ1) is 12.2. The van der Waals surface area contributed by atoms with Gasteiger partial charge in [-0.05, 0) is 48.0 Å². The average molecular weight is 353 g/mol. The number of aromatic nitrogens is 1. The standard InChI is InChI=1S/C20H19NO3S/c1-22-16-7-5-15(6-8-16)19-13-25-20(21-19)9-4-14-10-17(23-2)12-18(11-14)24-3/h4-13H,1-3H3/b9-4+. The summed E-state index contributed by atoms with van der Waals surface area (Å²) >= 11 is 1.60. The maximum atomic E-state index is 5.29. The van der Waals surface area contributed by atoms with Gasteiger partial charge in [0.05, 0.1) is 27.0 Å². The normalized spacial score (nSPS) is 10.8. The number of thiazole rings is 1. The number of benzene rings is 2. The number of rotatable bonds is 6. The van der Waals surface area contributed by atoms with Gasteiger partial charge in [-0.25, -0.2) is 4.98 Å². The van der Waals surface area contributed by atoms with Crippen molar-refractivity contribution in [3.05, 3.63) is 58.4 Å². The van der Waals surface area contributed by atoms with Crippen molar-refractivity contribution in [3.63, 3.8) is 0 Å². The van der Waals surface area contributed by atoms with Gasteiger partial charge in [0.25, 0.3) is 0 Å². The fourth-order valence-corrected chi connectivity index (χ4v) is 3.07. The van der Waals surface area contributed by atoms with Gasteiger partial charge in [-0.3, -0.25) is 0 Å². The molecule has 25 heavy (non-hydrogen) atoms. The van der Waals surface area contributed by atoms with Crippen LogP contribution in [0.4, 0.5) is 0 Å². The lowest BCUT2D eigenvalue weighted by Gasteiger charge is -2.05. The zero-order valence-corrected chi connectivity index (χ0v) is 15.2. The first kappa shape index (κ1) is 17.0. The summed E-state index contributed by atoms with van der Waals surface area (Å²) in [7, 11) is 4.95. The molecule has 0 radical (unpaired) electrons. The maximum absolute atomic E-state index is 5.29. The first-order valence-electron chi connectivity index (χ1n) is 7.73. The number of methoxy groups -OCH3 is 3. The molecule has 0 atom stereocenters. The Balaban J connectivity index is 1.79. The third-order valence-corrected chi connectivity index (χ3v) is 4.51. The number of ether oxygens (including phenoxy) is 3. The van der Waals surface area contributed by atoms with Gasteiger partial charge >= 0.3 is 0 Å². The average Bonchev–Trinajstić information content (AvgIpc) is 3.15. The van der Waals surface area contributed by atoms with Gasteiger partial charge < -0.3 is 14.2 Å². The van der Waals surface area contributed by atoms with Gasteiger partial charge in [-0.1, -0.05) is 6.08 Å². The van der Waals surface area contributed by atoms with E-state index < -0.39 is 0 Å². The van der Waals surface area contributed by atoms with Crippen LogP contribution in [0.25, 0.3) is 23.4 Å². The highest BCUT2D eigenvalue weighted by Gasteiger charge is 2.04. The Morgan fingerprint density at radius 1 is 0.800 bits per heavy atom. The molecular weight excluding hydrogens is 334 g/mol. The van der Waals surface area contributed by atoms with Gasteiger partial charge in [0.1, 0.15) is 22.3 Å². The maximum Gasteiger partial charge on any atom is 0.123 e. The highest BCUT2D eigenvalue weighted by Crippen LogP contribution is 2.27. The van der Waals surface area contributed by atoms with E-state index in [0.29, 0.717) is 0 Å². The summed E-state index contributed by atoms with van der Waals surface area (Å²) in [6.45, 7) is 0. The second kappa shape index (κ2) is 7.85. The fourth-order valence-electron chi connectivity index (χ4n) is 2.35. The predicted octanol–water partition coefficient (Wildman–Crippen LogP) is 5.01. The van der Waals surface area contributed by atoms with Crippen LogP contribution in [0.2, 0.25) is 0 Å². The molecule has 3 rings (SSSR count). The molecule has 0 spiro atoms. The van der Waals surface area contributed by atoms with Crippen LogP contribution in [0.15, 0.2) is 47.8 Å². The van der Waals surface area contributed by atoms with Gasteiger partial charge in [0.2, 0.25) is 0 Å². The zero-order chi connectivity index (χ0) is 17.6. The molecule has 3 aromatic rings. The number of hydrogen-bond donors (Lipinski definition) is 0. The van der Waals surface area contributed by atoms with E-state index in [-0.39, 0.29) is 0 Å². The molecule has 0 N–H and O–H groups in total. The van der Waals surface area contributed by atoms with E-state index in [1.807, 2.05) is 60.0 Å². The van der Waals surface area contributed by atoms with Crippen molar-refractivity contribution >= 4 is 23.5 Å². The molecular formula is C20H19NO3S. The minimum Gasteiger partial charge on any atom is -0.497 e. The predicted molar refractivity (Wildman–Crippen MR) is 103 cm³/mol. The highest BCUT2D eigenvalue weighted by atomic mass is 32.1. The van der Waals surface area contributed by atoms with Crippen LogP contribution in [0.3, 0.4) is 0 Å². The Morgan fingerprint density at radius 3 is 2.04 bits per heavy atom. The summed E-state index contributed by atoms with van der Waals surface area (Å²) in [6, 6.07) is 13.7. The highest BCUT2D eigenvalue weighted by molar-refractivity contribution is 7.10. The smallest absolute Gasteiger partial charge is 0.123 e. The molecule has 0 saturated carbocycles. The lowest BCUT2D eigenvalue weighted by Crippen LogP contribution is -1.88. The second-order valence-corrected chi connectivity index (χ2v) is 6.17. The fraction of sp³-hybridized carbons (Fsp3) is 0.150. The molecule has 1 heterocycles. The molecule has 0 unspecified atom stereocenters. The van der Waals surface area contributed by atoms with E-state index in [1.165, 1.54) is 0 Å². The lowest BCUT2D eigenvalue weighted by atomic mass is 10.1. The van der Waals surface area contributed by atoms with Gasteiger partial charge in [0, 0.05) is 17.0 Å². The third kappa shape index (κ3) is 4.19. The molecule has 1 aromatic heterocycles. The molecule has 4 nitrogen and oxygen atoms in total. The summed E-state index contributed by atoms with van der Waals surface area (Å²) in [5, 5.41) is 2.99. The number of nitrogens with zero attached hydrogens (tertiary/aromatic N) is 1. The van der Waals surface area contributed by atoms with Crippen molar-refractivity contribution in [2.45, 2.75) is 0 Å². The van der Waals surface area contributed by atoms with Gasteiger partial charge in [0.15, 0.2) is 0 Å². The van der Waals surface area contributed by atoms with Gasteiger partial charge in [-0.2, -0.15) is 0 Å². The minimum atomic E-state index is 0.761. The molecule has 0 amide bonds. The SMILES string of the molecule is COc1ccc(-c2csc(/C=C/c3cc(OC)cc(OC)c3)n2)cc1. The Morgan fingerprint density at radius 2 is 1.44 bits per heavy atom. The monoisotopic (exact) mass is 353 g/mol. The van der Waals surface area contributed by atoms with Gasteiger partial charge in [-0.15, -0.1) is 11.3 Å². The summed E-state index contributed by atoms with van der Waals surface area (Å²) in [6.07, 6.45) is 3.99. The van der Waals surface area contributed by atoms with E-state index in [0.717, 1.165) is 39.1 Å². The van der Waals surface area contributed by atoms with Crippen LogP contribution in [0, 0.1) is 0 Å². The van der Waals surface area contributed by atoms with Crippen molar-refractivity contribution in [1.82, 2.24) is 4.98 Å². The van der Waals surface area contributed by atoms with Crippen molar-refractivity contribution in [2.75, 3.05) is 21.3 Å². The molecule has 0 aliphatic rings. The van der Waals surface area contributed by atoms with Crippen molar-refractivity contribution < 1.29 is 14.2 Å². The summed E-state index contributed by atoms with van der Waals surface area (Å²) < 4.78 is 15.8. The molecule has 2 aromatic carbocycles. The lowest BCUT2D eigenvalue weighted by molar-refractivity contribution is 0.394. The molecule has 0 bridgehead atoms. The Bertz CT molecular complexity index is 847. The third-order valence-electron chi connectivity index (χ3n) is 3.70. The Kier molecular flexibility index (Phi) is 5.36. The summed E-state index contributed by atoms with van der Waals surface area (Å²) in [4.78, 5) is 4.66. The van der Waals surface area contributed by atoms with Crippen LogP contribution >= 0.6 is 11.3 Å². The zero-order valence-electron chi connectivity index (χ0n) is 14.4. The summed E-state index contributed by atoms with van der Waals surface area (Å²) in [5.41, 5.74) is 3.02. The van der Waals surface area contributed by atoms with E-state index in [4.69, 9.17) is 14.2 Å². The molecule has 128 valence electrons. The molecule has 0 aliphatic heterocycles. The summed E-state index contributed by atoms with van der Waals surface area (Å²) in [5.74, 6) is 2.36. The van der Waals surface area contributed by atoms with Crippen LogP contribution in [0.5, 0.6) is 17.2 Å². The van der Waals surface area contributed by atoms with Crippen LogP contribution in [0.1, 0.15) is 10.6 Å². The van der Waals surface area contributed by atoms with E-state index in [2.05, 4.69) is 4.98 Å².